The van der Waals surface area contributed by atoms with E-state index < -0.39 is 17.7 Å². The highest BCUT2D eigenvalue weighted by Crippen LogP contribution is 2.40. The molecule has 8 heteroatoms. The molecular formula is C5H6F4N4. The molecule has 0 atom stereocenters. The minimum Gasteiger partial charge on any atom is -0.200 e. The van der Waals surface area contributed by atoms with Crippen LogP contribution in [0.25, 0.3) is 0 Å². The number of hydrogen-bond acceptors (Lipinski definition) is 3. The first-order chi connectivity index (χ1) is 5.75. The monoisotopic (exact) mass is 198 g/mol. The van der Waals surface area contributed by atoms with Crippen molar-refractivity contribution >= 4 is 0 Å². The van der Waals surface area contributed by atoms with Crippen LogP contribution in [-0.2, 0) is 13.0 Å². The molecule has 1 aromatic rings. The van der Waals surface area contributed by atoms with Crippen molar-refractivity contribution in [3.05, 3.63) is 5.82 Å². The summed E-state index contributed by atoms with van der Waals surface area (Å²) >= 11 is 0. The predicted octanol–water partition coefficient (Wildman–Crippen LogP) is 0.957. The van der Waals surface area contributed by atoms with Gasteiger partial charge in [-0.3, -0.25) is 0 Å². The first-order valence-electron chi connectivity index (χ1n) is 3.25. The van der Waals surface area contributed by atoms with Crippen LogP contribution in [0.15, 0.2) is 0 Å². The quantitative estimate of drug-likeness (QED) is 0.664. The Bertz CT molecular complexity index is 302. The van der Waals surface area contributed by atoms with Crippen molar-refractivity contribution in [2.24, 2.45) is 7.05 Å². The molecule has 0 aliphatic heterocycles. The summed E-state index contributed by atoms with van der Waals surface area (Å²) in [7, 11) is 1.21. The third kappa shape index (κ3) is 1.61. The summed E-state index contributed by atoms with van der Waals surface area (Å²) in [5.41, 5.74) is 0. The lowest BCUT2D eigenvalue weighted by Crippen LogP contribution is -2.36. The van der Waals surface area contributed by atoms with E-state index in [1.807, 2.05) is 0 Å². The smallest absolute Gasteiger partial charge is 0.200 e. The van der Waals surface area contributed by atoms with E-state index >= 15 is 0 Å². The van der Waals surface area contributed by atoms with Gasteiger partial charge in [0.25, 0.3) is 0 Å². The number of halogens is 4. The van der Waals surface area contributed by atoms with Crippen molar-refractivity contribution in [2.75, 3.05) is 0 Å². The van der Waals surface area contributed by atoms with E-state index in [2.05, 4.69) is 15.4 Å². The Balaban J connectivity index is 3.07. The lowest BCUT2D eigenvalue weighted by molar-refractivity contribution is -0.209. The Morgan fingerprint density at radius 2 is 1.77 bits per heavy atom. The van der Waals surface area contributed by atoms with Crippen molar-refractivity contribution in [1.29, 1.82) is 0 Å². The fourth-order valence-electron chi connectivity index (χ4n) is 0.606. The van der Waals surface area contributed by atoms with Crippen molar-refractivity contribution in [2.45, 2.75) is 18.8 Å². The van der Waals surface area contributed by atoms with Crippen LogP contribution in [-0.4, -0.2) is 26.1 Å². The second-order valence-corrected chi connectivity index (χ2v) is 2.57. The summed E-state index contributed by atoms with van der Waals surface area (Å²) < 4.78 is 50.2. The van der Waals surface area contributed by atoms with Gasteiger partial charge >= 0.3 is 11.8 Å². The Hall–Kier alpha value is -1.21. The molecule has 0 aliphatic carbocycles. The zero-order chi connectivity index (χ0) is 10.3. The maximum Gasteiger partial charge on any atom is 0.371 e. The summed E-state index contributed by atoms with van der Waals surface area (Å²) in [5.74, 6) is -9.86. The maximum absolute atomic E-state index is 12.7. The second kappa shape index (κ2) is 2.64. The number of tetrazole rings is 1. The molecule has 0 fully saturated rings. The van der Waals surface area contributed by atoms with Gasteiger partial charge in [0, 0.05) is 6.92 Å². The van der Waals surface area contributed by atoms with E-state index in [0.717, 1.165) is 0 Å². The number of alkyl halides is 4. The molecular weight excluding hydrogens is 192 g/mol. The van der Waals surface area contributed by atoms with Gasteiger partial charge in [0.05, 0.1) is 7.05 Å². The number of aryl methyl sites for hydroxylation is 1. The van der Waals surface area contributed by atoms with Gasteiger partial charge in [0.2, 0.25) is 5.82 Å². The predicted molar refractivity (Wildman–Crippen MR) is 33.3 cm³/mol. The van der Waals surface area contributed by atoms with E-state index in [4.69, 9.17) is 0 Å². The number of rotatable bonds is 2. The molecule has 13 heavy (non-hydrogen) atoms. The van der Waals surface area contributed by atoms with Gasteiger partial charge in [-0.1, -0.05) is 0 Å². The van der Waals surface area contributed by atoms with E-state index in [9.17, 15) is 17.6 Å². The standard InChI is InChI=1S/C5H6F4N4/c1-4(6,7)5(8,9)3-10-12-13(2)11-3/h1-2H3. The summed E-state index contributed by atoms with van der Waals surface area (Å²) in [6.07, 6.45) is 0. The zero-order valence-corrected chi connectivity index (χ0v) is 6.80. The molecule has 0 saturated heterocycles. The van der Waals surface area contributed by atoms with Gasteiger partial charge in [-0.25, -0.2) is 0 Å². The van der Waals surface area contributed by atoms with E-state index in [1.54, 1.807) is 0 Å². The molecule has 0 aliphatic rings. The molecule has 0 N–H and O–H groups in total. The Morgan fingerprint density at radius 3 is 2.08 bits per heavy atom. The molecule has 4 nitrogen and oxygen atoms in total. The van der Waals surface area contributed by atoms with Gasteiger partial charge in [-0.2, -0.15) is 22.4 Å². The summed E-state index contributed by atoms with van der Waals surface area (Å²) in [6, 6.07) is 0. The van der Waals surface area contributed by atoms with Crippen LogP contribution in [0.4, 0.5) is 17.6 Å². The minimum atomic E-state index is -4.39. The van der Waals surface area contributed by atoms with Gasteiger partial charge in [0.15, 0.2) is 0 Å². The molecule has 1 heterocycles. The third-order valence-electron chi connectivity index (χ3n) is 1.34. The molecule has 1 aromatic heterocycles. The van der Waals surface area contributed by atoms with E-state index in [-0.39, 0.29) is 6.92 Å². The number of hydrogen-bond donors (Lipinski definition) is 0. The lowest BCUT2D eigenvalue weighted by Gasteiger charge is -2.18. The molecule has 0 radical (unpaired) electrons. The average molecular weight is 198 g/mol. The van der Waals surface area contributed by atoms with Crippen LogP contribution < -0.4 is 0 Å². The van der Waals surface area contributed by atoms with E-state index in [1.165, 1.54) is 7.05 Å². The van der Waals surface area contributed by atoms with Crippen LogP contribution in [0.1, 0.15) is 12.7 Å². The minimum absolute atomic E-state index is 0.101. The van der Waals surface area contributed by atoms with Crippen LogP contribution in [0, 0.1) is 0 Å². The van der Waals surface area contributed by atoms with Gasteiger partial charge in [-0.05, 0) is 5.21 Å². The molecule has 74 valence electrons. The highest BCUT2D eigenvalue weighted by atomic mass is 19.3. The van der Waals surface area contributed by atoms with Gasteiger partial charge in [0.1, 0.15) is 0 Å². The van der Waals surface area contributed by atoms with Crippen LogP contribution in [0.2, 0.25) is 0 Å². The second-order valence-electron chi connectivity index (χ2n) is 2.57. The summed E-state index contributed by atoms with van der Waals surface area (Å²) in [6.45, 7) is 0.101. The molecule has 0 unspecified atom stereocenters. The maximum atomic E-state index is 12.7. The third-order valence-corrected chi connectivity index (χ3v) is 1.34. The lowest BCUT2D eigenvalue weighted by atomic mass is 10.2. The summed E-state index contributed by atoms with van der Waals surface area (Å²) in [4.78, 5) is 0.689. The first-order valence-corrected chi connectivity index (χ1v) is 3.25. The van der Waals surface area contributed by atoms with Crippen molar-refractivity contribution in [3.63, 3.8) is 0 Å². The topological polar surface area (TPSA) is 43.6 Å². The van der Waals surface area contributed by atoms with Crippen molar-refractivity contribution in [3.8, 4) is 0 Å². The van der Waals surface area contributed by atoms with Crippen LogP contribution in [0.5, 0.6) is 0 Å². The molecule has 0 amide bonds. The molecule has 0 saturated carbocycles. The van der Waals surface area contributed by atoms with Crippen molar-refractivity contribution in [1.82, 2.24) is 20.2 Å². The van der Waals surface area contributed by atoms with Crippen LogP contribution >= 0.6 is 0 Å². The largest absolute Gasteiger partial charge is 0.371 e. The SMILES string of the molecule is Cn1nnc(C(F)(F)C(C)(F)F)n1. The number of aromatic nitrogens is 4. The number of nitrogens with zero attached hydrogens (tertiary/aromatic N) is 4. The molecule has 0 spiro atoms. The van der Waals surface area contributed by atoms with Gasteiger partial charge < -0.3 is 0 Å². The van der Waals surface area contributed by atoms with Crippen LogP contribution in [0.3, 0.4) is 0 Å². The first kappa shape index (κ1) is 9.87. The molecule has 0 aromatic carbocycles. The fourth-order valence-corrected chi connectivity index (χ4v) is 0.606. The molecule has 0 bridgehead atoms. The Labute approximate surface area is 70.5 Å². The normalized spacial score (nSPS) is 13.4. The van der Waals surface area contributed by atoms with Gasteiger partial charge in [-0.15, -0.1) is 10.2 Å². The van der Waals surface area contributed by atoms with Crippen molar-refractivity contribution < 1.29 is 17.6 Å². The molecule has 1 rings (SSSR count). The Morgan fingerprint density at radius 1 is 1.23 bits per heavy atom. The highest BCUT2D eigenvalue weighted by Gasteiger charge is 2.57. The summed E-state index contributed by atoms with van der Waals surface area (Å²) in [5, 5.41) is 8.88. The van der Waals surface area contributed by atoms with E-state index in [0.29, 0.717) is 4.80 Å². The fraction of sp³-hybridized carbons (Fsp3) is 0.800. The zero-order valence-electron chi connectivity index (χ0n) is 6.80. The highest BCUT2D eigenvalue weighted by molar-refractivity contribution is 4.97. The average Bonchev–Trinajstić information content (AvgIpc) is 2.33. The Kier molecular flexibility index (Phi) is 2.01.